The molecule has 1 aliphatic heterocycles. The van der Waals surface area contributed by atoms with Crippen molar-refractivity contribution in [3.63, 3.8) is 0 Å². The normalized spacial score (nSPS) is 19.1. The Morgan fingerprint density at radius 3 is 2.76 bits per heavy atom. The fraction of sp³-hybridized carbons (Fsp3) is 0.500. The number of carbonyl (C=O) groups excluding carboxylic acids is 1. The Morgan fingerprint density at radius 1 is 1.43 bits per heavy atom. The number of hydrogen-bond acceptors (Lipinski definition) is 5. The van der Waals surface area contributed by atoms with Crippen LogP contribution in [0.2, 0.25) is 0 Å². The number of carboxylic acid groups (broad SMARTS) is 1. The number of ketones is 1. The molecule has 0 bridgehead atoms. The molecule has 1 aromatic rings. The summed E-state index contributed by atoms with van der Waals surface area (Å²) in [5, 5.41) is 9.07. The predicted molar refractivity (Wildman–Crippen MR) is 73.0 cm³/mol. The lowest BCUT2D eigenvalue weighted by Crippen LogP contribution is -2.42. The highest BCUT2D eigenvalue weighted by Crippen LogP contribution is 2.26. The van der Waals surface area contributed by atoms with Gasteiger partial charge in [-0.2, -0.15) is 0 Å². The number of methoxy groups -OCH3 is 2. The van der Waals surface area contributed by atoms with Gasteiger partial charge in [0.05, 0.1) is 5.92 Å². The van der Waals surface area contributed by atoms with Gasteiger partial charge in [0.15, 0.2) is 6.29 Å². The van der Waals surface area contributed by atoms with E-state index in [0.717, 1.165) is 0 Å². The number of nitrogens with zero attached hydrogens (tertiary/aromatic N) is 2. The third-order valence-corrected chi connectivity index (χ3v) is 3.57. The van der Waals surface area contributed by atoms with Crippen molar-refractivity contribution in [3.8, 4) is 0 Å². The highest BCUT2D eigenvalue weighted by molar-refractivity contribution is 5.88. The molecule has 1 fully saturated rings. The van der Waals surface area contributed by atoms with E-state index in [2.05, 4.69) is 4.98 Å². The van der Waals surface area contributed by atoms with Crippen LogP contribution < -0.4 is 0 Å². The third-order valence-electron chi connectivity index (χ3n) is 3.57. The quantitative estimate of drug-likeness (QED) is 0.845. The number of hydrogen-bond donors (Lipinski definition) is 1. The second-order valence-corrected chi connectivity index (χ2v) is 4.85. The fourth-order valence-electron chi connectivity index (χ4n) is 2.46. The molecular weight excluding hydrogens is 276 g/mol. The molecule has 7 heteroatoms. The van der Waals surface area contributed by atoms with E-state index in [4.69, 9.17) is 14.6 Å². The summed E-state index contributed by atoms with van der Waals surface area (Å²) in [5.74, 6) is -0.463. The van der Waals surface area contributed by atoms with E-state index < -0.39 is 18.3 Å². The van der Waals surface area contributed by atoms with E-state index in [-0.39, 0.29) is 25.3 Å². The van der Waals surface area contributed by atoms with Gasteiger partial charge in [0.25, 0.3) is 0 Å². The maximum Gasteiger partial charge on any atom is 0.407 e. The standard InChI is InChI=1S/C14H18N2O5/c1-20-13(21-2)10-5-9(6-15-7-10)11-8-16(14(18)19)4-3-12(11)17/h5-7,11,13H,3-4,8H2,1-2H3,(H,18,19)/t11-/m1/s1. The Balaban J connectivity index is 2.25. The van der Waals surface area contributed by atoms with Gasteiger partial charge in [0.2, 0.25) is 0 Å². The van der Waals surface area contributed by atoms with Gasteiger partial charge < -0.3 is 19.5 Å². The van der Waals surface area contributed by atoms with Crippen molar-refractivity contribution in [2.45, 2.75) is 18.6 Å². The summed E-state index contributed by atoms with van der Waals surface area (Å²) in [7, 11) is 3.03. The van der Waals surface area contributed by atoms with Crippen LogP contribution in [0.3, 0.4) is 0 Å². The first-order chi connectivity index (χ1) is 10.1. The van der Waals surface area contributed by atoms with Crippen LogP contribution in [0.25, 0.3) is 0 Å². The largest absolute Gasteiger partial charge is 0.465 e. The van der Waals surface area contributed by atoms with Crippen molar-refractivity contribution in [1.82, 2.24) is 9.88 Å². The van der Waals surface area contributed by atoms with Crippen LogP contribution >= 0.6 is 0 Å². The number of carbonyl (C=O) groups is 2. The zero-order valence-corrected chi connectivity index (χ0v) is 12.0. The Morgan fingerprint density at radius 2 is 2.14 bits per heavy atom. The lowest BCUT2D eigenvalue weighted by molar-refractivity contribution is -0.122. The van der Waals surface area contributed by atoms with E-state index in [1.54, 1.807) is 18.5 Å². The minimum absolute atomic E-state index is 0.0258. The summed E-state index contributed by atoms with van der Waals surface area (Å²) in [5.41, 5.74) is 1.38. The third kappa shape index (κ3) is 3.37. The summed E-state index contributed by atoms with van der Waals surface area (Å²) in [6, 6.07) is 1.78. The number of amides is 1. The van der Waals surface area contributed by atoms with Crippen molar-refractivity contribution in [2.75, 3.05) is 27.3 Å². The first-order valence-electron chi connectivity index (χ1n) is 6.57. The molecule has 1 aromatic heterocycles. The van der Waals surface area contributed by atoms with Crippen LogP contribution in [0.4, 0.5) is 4.79 Å². The highest BCUT2D eigenvalue weighted by Gasteiger charge is 2.31. The number of pyridine rings is 1. The van der Waals surface area contributed by atoms with Crippen LogP contribution in [-0.2, 0) is 14.3 Å². The zero-order chi connectivity index (χ0) is 15.4. The Labute approximate surface area is 122 Å². The number of ether oxygens (including phenoxy) is 2. The van der Waals surface area contributed by atoms with Crippen molar-refractivity contribution in [1.29, 1.82) is 0 Å². The molecule has 0 aromatic carbocycles. The van der Waals surface area contributed by atoms with Crippen LogP contribution in [0.1, 0.15) is 29.8 Å². The lowest BCUT2D eigenvalue weighted by atomic mass is 9.90. The minimum Gasteiger partial charge on any atom is -0.465 e. The molecule has 7 nitrogen and oxygen atoms in total. The molecule has 0 aliphatic carbocycles. The molecule has 21 heavy (non-hydrogen) atoms. The van der Waals surface area contributed by atoms with Gasteiger partial charge in [0.1, 0.15) is 5.78 Å². The van der Waals surface area contributed by atoms with Gasteiger partial charge in [-0.3, -0.25) is 9.78 Å². The molecule has 114 valence electrons. The molecular formula is C14H18N2O5. The van der Waals surface area contributed by atoms with Gasteiger partial charge in [0, 0.05) is 51.7 Å². The fourth-order valence-corrected chi connectivity index (χ4v) is 2.46. The molecule has 1 aliphatic rings. The average Bonchev–Trinajstić information content (AvgIpc) is 2.49. The smallest absolute Gasteiger partial charge is 0.407 e. The molecule has 1 amide bonds. The number of piperidine rings is 1. The van der Waals surface area contributed by atoms with Crippen LogP contribution in [-0.4, -0.2) is 54.2 Å². The van der Waals surface area contributed by atoms with E-state index in [9.17, 15) is 9.59 Å². The summed E-state index contributed by atoms with van der Waals surface area (Å²) in [4.78, 5) is 28.5. The van der Waals surface area contributed by atoms with Gasteiger partial charge in [-0.15, -0.1) is 0 Å². The van der Waals surface area contributed by atoms with Crippen LogP contribution in [0.15, 0.2) is 18.5 Å². The second kappa shape index (κ2) is 6.64. The molecule has 1 N–H and O–H groups in total. The Kier molecular flexibility index (Phi) is 4.87. The highest BCUT2D eigenvalue weighted by atomic mass is 16.7. The van der Waals surface area contributed by atoms with Crippen LogP contribution in [0.5, 0.6) is 0 Å². The zero-order valence-electron chi connectivity index (χ0n) is 12.0. The van der Waals surface area contributed by atoms with E-state index in [1.807, 2.05) is 0 Å². The molecule has 0 radical (unpaired) electrons. The second-order valence-electron chi connectivity index (χ2n) is 4.85. The Hall–Kier alpha value is -1.99. The molecule has 1 saturated heterocycles. The van der Waals surface area contributed by atoms with Crippen LogP contribution in [0, 0.1) is 0 Å². The first-order valence-corrected chi connectivity index (χ1v) is 6.57. The maximum atomic E-state index is 12.1. The lowest BCUT2D eigenvalue weighted by Gasteiger charge is -2.30. The van der Waals surface area contributed by atoms with Gasteiger partial charge in [-0.05, 0) is 11.6 Å². The first kappa shape index (κ1) is 15.4. The van der Waals surface area contributed by atoms with Gasteiger partial charge in [-0.25, -0.2) is 4.79 Å². The molecule has 0 unspecified atom stereocenters. The monoisotopic (exact) mass is 294 g/mol. The predicted octanol–water partition coefficient (Wildman–Crippen LogP) is 1.41. The molecule has 2 heterocycles. The van der Waals surface area contributed by atoms with Gasteiger partial charge >= 0.3 is 6.09 Å². The molecule has 0 spiro atoms. The average molecular weight is 294 g/mol. The van der Waals surface area contributed by atoms with Crippen molar-refractivity contribution >= 4 is 11.9 Å². The molecule has 2 rings (SSSR count). The van der Waals surface area contributed by atoms with Gasteiger partial charge in [-0.1, -0.05) is 0 Å². The molecule has 1 atom stereocenters. The van der Waals surface area contributed by atoms with E-state index >= 15 is 0 Å². The molecule has 0 saturated carbocycles. The Bertz CT molecular complexity index is 530. The topological polar surface area (TPSA) is 89.0 Å². The summed E-state index contributed by atoms with van der Waals surface area (Å²) in [6.45, 7) is 0.403. The van der Waals surface area contributed by atoms with Crippen molar-refractivity contribution in [2.24, 2.45) is 0 Å². The summed E-state index contributed by atoms with van der Waals surface area (Å²) in [6.07, 6.45) is 1.83. The summed E-state index contributed by atoms with van der Waals surface area (Å²) < 4.78 is 10.3. The van der Waals surface area contributed by atoms with Crippen molar-refractivity contribution < 1.29 is 24.2 Å². The number of rotatable bonds is 4. The SMILES string of the molecule is COC(OC)c1cncc([C@H]2CN(C(=O)O)CCC2=O)c1. The van der Waals surface area contributed by atoms with E-state index in [1.165, 1.54) is 19.1 Å². The number of aromatic nitrogens is 1. The number of Topliss-reactive ketones (excluding diaryl/α,β-unsaturated/α-hetero) is 1. The maximum absolute atomic E-state index is 12.1. The van der Waals surface area contributed by atoms with Crippen molar-refractivity contribution in [3.05, 3.63) is 29.6 Å². The summed E-state index contributed by atoms with van der Waals surface area (Å²) >= 11 is 0. The van der Waals surface area contributed by atoms with E-state index in [0.29, 0.717) is 11.1 Å². The minimum atomic E-state index is -1.01. The number of likely N-dealkylation sites (tertiary alicyclic amines) is 1.